The lowest BCUT2D eigenvalue weighted by Crippen LogP contribution is -2.38. The molecular formula is C19H23FN4O. The van der Waals surface area contributed by atoms with Gasteiger partial charge in [-0.2, -0.15) is 0 Å². The zero-order valence-corrected chi connectivity index (χ0v) is 14.4. The zero-order chi connectivity index (χ0) is 17.6. The summed E-state index contributed by atoms with van der Waals surface area (Å²) < 4.78 is 12.9. The molecule has 0 atom stereocenters. The van der Waals surface area contributed by atoms with E-state index in [0.29, 0.717) is 24.0 Å². The van der Waals surface area contributed by atoms with E-state index < -0.39 is 0 Å². The van der Waals surface area contributed by atoms with E-state index in [4.69, 9.17) is 0 Å². The maximum Gasteiger partial charge on any atom is 0.256 e. The van der Waals surface area contributed by atoms with Gasteiger partial charge in [0, 0.05) is 32.0 Å². The average Bonchev–Trinajstić information content (AvgIpc) is 2.64. The highest BCUT2D eigenvalue weighted by Gasteiger charge is 2.21. The van der Waals surface area contributed by atoms with E-state index in [1.165, 1.54) is 12.1 Å². The molecule has 25 heavy (non-hydrogen) atoms. The van der Waals surface area contributed by atoms with E-state index in [1.807, 2.05) is 4.90 Å². The van der Waals surface area contributed by atoms with Crippen LogP contribution in [-0.4, -0.2) is 40.4 Å². The van der Waals surface area contributed by atoms with Crippen LogP contribution in [0.4, 0.5) is 10.3 Å². The standard InChI is InChI=1S/C19H23FN4O/c1-14-7-10-24(11-8-14)18(25)16-12-22-19(23-13-16)21-9-6-15-2-4-17(20)5-3-15/h2-5,12-14H,6-11H2,1H3,(H,21,22,23). The van der Waals surface area contributed by atoms with Gasteiger partial charge in [-0.05, 0) is 42.9 Å². The number of rotatable bonds is 5. The zero-order valence-electron chi connectivity index (χ0n) is 14.4. The van der Waals surface area contributed by atoms with Crippen molar-refractivity contribution in [2.75, 3.05) is 25.0 Å². The third-order valence-corrected chi connectivity index (χ3v) is 4.58. The molecule has 2 aromatic rings. The van der Waals surface area contributed by atoms with Gasteiger partial charge < -0.3 is 10.2 Å². The third-order valence-electron chi connectivity index (χ3n) is 4.58. The quantitative estimate of drug-likeness (QED) is 0.907. The Bertz CT molecular complexity index is 694. The van der Waals surface area contributed by atoms with Crippen molar-refractivity contribution in [2.45, 2.75) is 26.2 Å². The van der Waals surface area contributed by atoms with E-state index in [-0.39, 0.29) is 11.7 Å². The Morgan fingerprint density at radius 3 is 2.48 bits per heavy atom. The van der Waals surface area contributed by atoms with Crippen molar-refractivity contribution in [3.8, 4) is 0 Å². The van der Waals surface area contributed by atoms with Gasteiger partial charge in [0.1, 0.15) is 5.82 Å². The largest absolute Gasteiger partial charge is 0.354 e. The van der Waals surface area contributed by atoms with E-state index in [9.17, 15) is 9.18 Å². The Hall–Kier alpha value is -2.50. The van der Waals surface area contributed by atoms with Crippen LogP contribution in [0, 0.1) is 11.7 Å². The van der Waals surface area contributed by atoms with Crippen molar-refractivity contribution in [3.63, 3.8) is 0 Å². The SMILES string of the molecule is CC1CCN(C(=O)c2cnc(NCCc3ccc(F)cc3)nc2)CC1. The number of nitrogens with zero attached hydrogens (tertiary/aromatic N) is 3. The molecule has 0 aliphatic carbocycles. The van der Waals surface area contributed by atoms with Crippen molar-refractivity contribution in [1.29, 1.82) is 0 Å². The number of halogens is 1. The molecular weight excluding hydrogens is 319 g/mol. The summed E-state index contributed by atoms with van der Waals surface area (Å²) in [4.78, 5) is 22.8. The maximum atomic E-state index is 12.9. The van der Waals surface area contributed by atoms with Crippen LogP contribution in [0.5, 0.6) is 0 Å². The lowest BCUT2D eigenvalue weighted by Gasteiger charge is -2.30. The molecule has 132 valence electrons. The first-order valence-corrected chi connectivity index (χ1v) is 8.71. The number of anilines is 1. The smallest absolute Gasteiger partial charge is 0.256 e. The molecule has 0 bridgehead atoms. The summed E-state index contributed by atoms with van der Waals surface area (Å²) in [7, 11) is 0. The van der Waals surface area contributed by atoms with Gasteiger partial charge in [-0.3, -0.25) is 4.79 Å². The normalized spacial score (nSPS) is 15.2. The van der Waals surface area contributed by atoms with Gasteiger partial charge in [0.2, 0.25) is 5.95 Å². The molecule has 1 fully saturated rings. The Morgan fingerprint density at radius 1 is 1.20 bits per heavy atom. The summed E-state index contributed by atoms with van der Waals surface area (Å²) in [5.41, 5.74) is 1.57. The van der Waals surface area contributed by atoms with Crippen LogP contribution in [0.15, 0.2) is 36.7 Å². The molecule has 1 amide bonds. The van der Waals surface area contributed by atoms with E-state index in [1.54, 1.807) is 24.5 Å². The Labute approximate surface area is 147 Å². The number of benzene rings is 1. The number of carbonyl (C=O) groups excluding carboxylic acids is 1. The molecule has 6 heteroatoms. The minimum absolute atomic E-state index is 0.00441. The Morgan fingerprint density at radius 2 is 1.84 bits per heavy atom. The number of hydrogen-bond donors (Lipinski definition) is 1. The summed E-state index contributed by atoms with van der Waals surface area (Å²) in [6, 6.07) is 6.43. The molecule has 1 N–H and O–H groups in total. The number of piperidine rings is 1. The summed E-state index contributed by atoms with van der Waals surface area (Å²) in [5, 5.41) is 3.12. The second kappa shape index (κ2) is 8.05. The van der Waals surface area contributed by atoms with Crippen LogP contribution >= 0.6 is 0 Å². The second-order valence-corrected chi connectivity index (χ2v) is 6.57. The number of likely N-dealkylation sites (tertiary alicyclic amines) is 1. The van der Waals surface area contributed by atoms with Gasteiger partial charge in [0.05, 0.1) is 5.56 Å². The molecule has 5 nitrogen and oxygen atoms in total. The van der Waals surface area contributed by atoms with Gasteiger partial charge in [0.15, 0.2) is 0 Å². The van der Waals surface area contributed by atoms with Crippen LogP contribution in [-0.2, 0) is 6.42 Å². The van der Waals surface area contributed by atoms with Gasteiger partial charge in [-0.1, -0.05) is 19.1 Å². The predicted molar refractivity (Wildman–Crippen MR) is 94.9 cm³/mol. The van der Waals surface area contributed by atoms with E-state index in [0.717, 1.165) is 37.9 Å². The van der Waals surface area contributed by atoms with Crippen molar-refractivity contribution >= 4 is 11.9 Å². The molecule has 2 heterocycles. The number of aromatic nitrogens is 2. The lowest BCUT2D eigenvalue weighted by atomic mass is 9.99. The van der Waals surface area contributed by atoms with Crippen LogP contribution in [0.2, 0.25) is 0 Å². The summed E-state index contributed by atoms with van der Waals surface area (Å²) in [6.45, 7) is 4.47. The van der Waals surface area contributed by atoms with Gasteiger partial charge >= 0.3 is 0 Å². The highest BCUT2D eigenvalue weighted by molar-refractivity contribution is 5.93. The highest BCUT2D eigenvalue weighted by atomic mass is 19.1. The topological polar surface area (TPSA) is 58.1 Å². The summed E-state index contributed by atoms with van der Waals surface area (Å²) in [6.07, 6.45) is 6.00. The molecule has 0 radical (unpaired) electrons. The number of hydrogen-bond acceptors (Lipinski definition) is 4. The summed E-state index contributed by atoms with van der Waals surface area (Å²) >= 11 is 0. The molecule has 1 aliphatic heterocycles. The molecule has 1 aliphatic rings. The minimum atomic E-state index is -0.233. The number of nitrogens with one attached hydrogen (secondary N) is 1. The monoisotopic (exact) mass is 342 g/mol. The average molecular weight is 342 g/mol. The first-order chi connectivity index (χ1) is 12.1. The van der Waals surface area contributed by atoms with Crippen molar-refractivity contribution < 1.29 is 9.18 Å². The second-order valence-electron chi connectivity index (χ2n) is 6.57. The first-order valence-electron chi connectivity index (χ1n) is 8.71. The van der Waals surface area contributed by atoms with E-state index in [2.05, 4.69) is 22.2 Å². The number of carbonyl (C=O) groups is 1. The predicted octanol–water partition coefficient (Wildman–Crippen LogP) is 3.14. The number of amides is 1. The minimum Gasteiger partial charge on any atom is -0.354 e. The first kappa shape index (κ1) is 17.3. The van der Waals surface area contributed by atoms with Gasteiger partial charge in [-0.25, -0.2) is 14.4 Å². The summed E-state index contributed by atoms with van der Waals surface area (Å²) in [5.74, 6) is 0.951. The molecule has 1 aromatic carbocycles. The fourth-order valence-corrected chi connectivity index (χ4v) is 2.89. The van der Waals surface area contributed by atoms with Gasteiger partial charge in [0.25, 0.3) is 5.91 Å². The molecule has 3 rings (SSSR count). The third kappa shape index (κ3) is 4.75. The van der Waals surface area contributed by atoms with Crippen LogP contribution in [0.3, 0.4) is 0 Å². The Kier molecular flexibility index (Phi) is 5.58. The van der Waals surface area contributed by atoms with E-state index >= 15 is 0 Å². The fourth-order valence-electron chi connectivity index (χ4n) is 2.89. The van der Waals surface area contributed by atoms with Crippen molar-refractivity contribution in [2.24, 2.45) is 5.92 Å². The highest BCUT2D eigenvalue weighted by Crippen LogP contribution is 2.18. The molecule has 1 saturated heterocycles. The lowest BCUT2D eigenvalue weighted by molar-refractivity contribution is 0.0696. The molecule has 0 unspecified atom stereocenters. The van der Waals surface area contributed by atoms with Crippen LogP contribution in [0.1, 0.15) is 35.7 Å². The van der Waals surface area contributed by atoms with Crippen LogP contribution in [0.25, 0.3) is 0 Å². The maximum absolute atomic E-state index is 12.9. The molecule has 1 aromatic heterocycles. The van der Waals surface area contributed by atoms with Crippen molar-refractivity contribution in [1.82, 2.24) is 14.9 Å². The van der Waals surface area contributed by atoms with Crippen LogP contribution < -0.4 is 5.32 Å². The Balaban J connectivity index is 1.50. The molecule has 0 saturated carbocycles. The van der Waals surface area contributed by atoms with Crippen molar-refractivity contribution in [3.05, 3.63) is 53.6 Å². The fraction of sp³-hybridized carbons (Fsp3) is 0.421. The molecule has 0 spiro atoms. The van der Waals surface area contributed by atoms with Gasteiger partial charge in [-0.15, -0.1) is 0 Å².